The molecule has 0 rings (SSSR count). The van der Waals surface area contributed by atoms with Gasteiger partial charge in [-0.25, -0.2) is 4.57 Å². The zero-order chi connectivity index (χ0) is 40.3. The van der Waals surface area contributed by atoms with Gasteiger partial charge < -0.3 is 14.4 Å². The molecule has 2 unspecified atom stereocenters. The van der Waals surface area contributed by atoms with E-state index in [1.54, 1.807) is 6.92 Å². The first kappa shape index (κ1) is 52.8. The topological polar surface area (TPSA) is 108 Å². The number of phosphoric acid groups is 1. The second-order valence-electron chi connectivity index (χ2n) is 14.4. The van der Waals surface area contributed by atoms with Crippen LogP contribution in [0.4, 0.5) is 0 Å². The molecule has 0 aromatic rings. The van der Waals surface area contributed by atoms with Crippen molar-refractivity contribution in [1.29, 1.82) is 0 Å². The van der Waals surface area contributed by atoms with Crippen molar-refractivity contribution in [3.8, 4) is 0 Å². The number of ether oxygens (including phenoxy) is 2. The molecular formula is C46H81O8P. The monoisotopic (exact) mass is 793 g/mol. The first-order chi connectivity index (χ1) is 26.8. The molecule has 0 saturated heterocycles. The van der Waals surface area contributed by atoms with Gasteiger partial charge in [0.25, 0.3) is 0 Å². The maximum absolute atomic E-state index is 12.6. The van der Waals surface area contributed by atoms with Gasteiger partial charge in [0.2, 0.25) is 0 Å². The Morgan fingerprint density at radius 1 is 0.491 bits per heavy atom. The first-order valence-electron chi connectivity index (χ1n) is 22.1. The van der Waals surface area contributed by atoms with E-state index < -0.39 is 26.5 Å². The van der Waals surface area contributed by atoms with Gasteiger partial charge in [0, 0.05) is 12.8 Å². The lowest BCUT2D eigenvalue weighted by molar-refractivity contribution is -0.161. The van der Waals surface area contributed by atoms with E-state index in [0.29, 0.717) is 6.42 Å². The number of hydrogen-bond donors (Lipinski definition) is 1. The smallest absolute Gasteiger partial charge is 0.462 e. The molecule has 0 aliphatic carbocycles. The molecule has 9 heteroatoms. The molecule has 1 N–H and O–H groups in total. The summed E-state index contributed by atoms with van der Waals surface area (Å²) in [6, 6.07) is 0. The van der Waals surface area contributed by atoms with Gasteiger partial charge in [0.05, 0.1) is 13.2 Å². The van der Waals surface area contributed by atoms with Crippen molar-refractivity contribution in [2.24, 2.45) is 0 Å². The molecule has 0 aromatic heterocycles. The number of esters is 2. The Morgan fingerprint density at radius 3 is 1.35 bits per heavy atom. The third-order valence-electron chi connectivity index (χ3n) is 9.05. The number of carbonyl (C=O) groups excluding carboxylic acids is 2. The van der Waals surface area contributed by atoms with Gasteiger partial charge in [0.1, 0.15) is 6.61 Å². The number of rotatable bonds is 40. The van der Waals surface area contributed by atoms with Crippen molar-refractivity contribution < 1.29 is 37.6 Å². The van der Waals surface area contributed by atoms with Gasteiger partial charge in [-0.1, -0.05) is 152 Å². The maximum Gasteiger partial charge on any atom is 0.472 e. The summed E-state index contributed by atoms with van der Waals surface area (Å²) < 4.78 is 32.6. The Morgan fingerprint density at radius 2 is 0.873 bits per heavy atom. The van der Waals surface area contributed by atoms with Crippen LogP contribution in [0.15, 0.2) is 60.8 Å². The van der Waals surface area contributed by atoms with Crippen molar-refractivity contribution in [2.45, 2.75) is 200 Å². The quantitative estimate of drug-likeness (QED) is 0.0283. The fourth-order valence-electron chi connectivity index (χ4n) is 5.78. The molecular weight excluding hydrogens is 711 g/mol. The van der Waals surface area contributed by atoms with Crippen LogP contribution in [0, 0.1) is 0 Å². The molecule has 2 atom stereocenters. The number of phosphoric ester groups is 1. The van der Waals surface area contributed by atoms with E-state index in [4.69, 9.17) is 18.5 Å². The predicted molar refractivity (Wildman–Crippen MR) is 230 cm³/mol. The van der Waals surface area contributed by atoms with Crippen molar-refractivity contribution in [1.82, 2.24) is 0 Å². The largest absolute Gasteiger partial charge is 0.472 e. The number of allylic oxidation sites excluding steroid dienone is 10. The lowest BCUT2D eigenvalue weighted by Gasteiger charge is -2.19. The van der Waals surface area contributed by atoms with Crippen LogP contribution in [0.2, 0.25) is 0 Å². The van der Waals surface area contributed by atoms with Crippen molar-refractivity contribution >= 4 is 19.8 Å². The molecule has 0 fully saturated rings. The zero-order valence-corrected chi connectivity index (χ0v) is 36.2. The average Bonchev–Trinajstić information content (AvgIpc) is 3.16. The summed E-state index contributed by atoms with van der Waals surface area (Å²) in [6.45, 7) is 5.40. The van der Waals surface area contributed by atoms with Crippen LogP contribution in [0.5, 0.6) is 0 Å². The van der Waals surface area contributed by atoms with Gasteiger partial charge in [-0.05, 0) is 90.4 Å². The van der Waals surface area contributed by atoms with Crippen LogP contribution >= 0.6 is 7.82 Å². The summed E-state index contributed by atoms with van der Waals surface area (Å²) in [7, 11) is -4.29. The van der Waals surface area contributed by atoms with Crippen LogP contribution in [-0.4, -0.2) is 42.8 Å². The second-order valence-corrected chi connectivity index (χ2v) is 15.8. The Labute approximate surface area is 337 Å². The van der Waals surface area contributed by atoms with Gasteiger partial charge in [-0.15, -0.1) is 0 Å². The summed E-state index contributed by atoms with van der Waals surface area (Å²) in [5.41, 5.74) is 0. The standard InChI is InChI=1S/C46H81O8P/c1-4-7-9-11-13-15-17-19-21-23-24-25-27-29-31-33-35-37-39-41-46(48)54-44(43-53-55(49,50)52-6-3)42-51-45(47)40-38-36-34-32-30-28-26-22-20-18-16-14-12-10-8-5-2/h13,15-16,18-19,21-22,24-26,44H,4-12,14,17,20,23,27-43H2,1-3H3,(H,49,50)/b15-13-,18-16-,21-19-,25-24-,26-22-. The van der Waals surface area contributed by atoms with E-state index in [9.17, 15) is 19.0 Å². The number of hydrogen-bond acceptors (Lipinski definition) is 7. The van der Waals surface area contributed by atoms with E-state index in [1.807, 2.05) is 0 Å². The highest BCUT2D eigenvalue weighted by molar-refractivity contribution is 7.47. The Bertz CT molecular complexity index is 1080. The third kappa shape index (κ3) is 41.2. The zero-order valence-electron chi connectivity index (χ0n) is 35.3. The highest BCUT2D eigenvalue weighted by atomic mass is 31.2. The third-order valence-corrected chi connectivity index (χ3v) is 10.1. The maximum atomic E-state index is 12.6. The molecule has 55 heavy (non-hydrogen) atoms. The van der Waals surface area contributed by atoms with E-state index in [-0.39, 0.29) is 32.0 Å². The number of carbonyl (C=O) groups is 2. The number of unbranched alkanes of at least 4 members (excludes halogenated alkanes) is 18. The highest BCUT2D eigenvalue weighted by Crippen LogP contribution is 2.43. The van der Waals surface area contributed by atoms with E-state index in [1.165, 1.54) is 57.8 Å². The van der Waals surface area contributed by atoms with E-state index >= 15 is 0 Å². The minimum absolute atomic E-state index is 0.00725. The van der Waals surface area contributed by atoms with Gasteiger partial charge >= 0.3 is 19.8 Å². The first-order valence-corrected chi connectivity index (χ1v) is 23.6. The van der Waals surface area contributed by atoms with Crippen molar-refractivity contribution in [3.63, 3.8) is 0 Å². The van der Waals surface area contributed by atoms with Gasteiger partial charge in [-0.2, -0.15) is 0 Å². The predicted octanol–water partition coefficient (Wildman–Crippen LogP) is 13.9. The molecule has 318 valence electrons. The molecule has 0 spiro atoms. The van der Waals surface area contributed by atoms with Crippen LogP contribution in [-0.2, 0) is 32.7 Å². The Hall–Kier alpha value is -2.25. The van der Waals surface area contributed by atoms with Crippen LogP contribution in [0.1, 0.15) is 194 Å². The minimum atomic E-state index is -4.29. The highest BCUT2D eigenvalue weighted by Gasteiger charge is 2.25. The SMILES string of the molecule is CCCCC/C=C\C/C=C\C/C=C\CCCCCCCCC(=O)OC(COC(=O)CCCCCCC/C=C\C/C=C\CCCCCC)COP(=O)(O)OCC. The Kier molecular flexibility index (Phi) is 39.7. The second kappa shape index (κ2) is 41.4. The lowest BCUT2D eigenvalue weighted by Crippen LogP contribution is -2.29. The van der Waals surface area contributed by atoms with Gasteiger partial charge in [0.15, 0.2) is 6.10 Å². The van der Waals surface area contributed by atoms with Crippen molar-refractivity contribution in [2.75, 3.05) is 19.8 Å². The molecule has 0 aromatic carbocycles. The molecule has 8 nitrogen and oxygen atoms in total. The molecule has 0 aliphatic rings. The molecule has 0 saturated carbocycles. The van der Waals surface area contributed by atoms with E-state index in [0.717, 1.165) is 96.3 Å². The van der Waals surface area contributed by atoms with Crippen LogP contribution in [0.25, 0.3) is 0 Å². The summed E-state index contributed by atoms with van der Waals surface area (Å²) >= 11 is 0. The van der Waals surface area contributed by atoms with E-state index in [2.05, 4.69) is 74.6 Å². The summed E-state index contributed by atoms with van der Waals surface area (Å²) in [4.78, 5) is 34.8. The summed E-state index contributed by atoms with van der Waals surface area (Å²) in [6.07, 6.45) is 49.8. The lowest BCUT2D eigenvalue weighted by atomic mass is 10.1. The normalized spacial score (nSPS) is 13.9. The molecule has 0 radical (unpaired) electrons. The molecule has 0 bridgehead atoms. The van der Waals surface area contributed by atoms with Crippen LogP contribution < -0.4 is 0 Å². The molecule has 0 amide bonds. The fraction of sp³-hybridized carbons (Fsp3) is 0.739. The molecule has 0 heterocycles. The average molecular weight is 793 g/mol. The fourth-order valence-corrected chi connectivity index (χ4v) is 6.54. The Balaban J connectivity index is 4.14. The van der Waals surface area contributed by atoms with Crippen LogP contribution in [0.3, 0.4) is 0 Å². The molecule has 0 aliphatic heterocycles. The van der Waals surface area contributed by atoms with Crippen molar-refractivity contribution in [3.05, 3.63) is 60.8 Å². The minimum Gasteiger partial charge on any atom is -0.462 e. The summed E-state index contributed by atoms with van der Waals surface area (Å²) in [5, 5.41) is 0. The summed E-state index contributed by atoms with van der Waals surface area (Å²) in [5.74, 6) is -0.830. The van der Waals surface area contributed by atoms with Gasteiger partial charge in [-0.3, -0.25) is 18.6 Å².